The van der Waals surface area contributed by atoms with E-state index in [2.05, 4.69) is 31.9 Å². The third-order valence-corrected chi connectivity index (χ3v) is 0.829. The molecule has 0 amide bonds. The Morgan fingerprint density at radius 2 is 2.00 bits per heavy atom. The van der Waals surface area contributed by atoms with Gasteiger partial charge in [-0.1, -0.05) is 0 Å². The summed E-state index contributed by atoms with van der Waals surface area (Å²) in [6.07, 6.45) is 3.70. The Hall–Kier alpha value is 0.240. The average molecular weight is 227 g/mol. The molecule has 1 radical (unpaired) electrons. The first-order valence-electron chi connectivity index (χ1n) is 1.57. The summed E-state index contributed by atoms with van der Waals surface area (Å²) < 4.78 is 0.770. The van der Waals surface area contributed by atoms with E-state index in [0.717, 1.165) is 3.39 Å². The summed E-state index contributed by atoms with van der Waals surface area (Å²) in [5, 5.41) is 9.57. The molecule has 0 heterocycles. The van der Waals surface area contributed by atoms with Gasteiger partial charge in [-0.2, -0.15) is 0 Å². The van der Waals surface area contributed by atoms with Crippen LogP contribution in [0.1, 0.15) is 0 Å². The molecule has 0 saturated carbocycles. The summed E-state index contributed by atoms with van der Waals surface area (Å²) in [7, 11) is 0. The van der Waals surface area contributed by atoms with Crippen molar-refractivity contribution in [3.63, 3.8) is 0 Å². The topological polar surface area (TPSA) is 19.9 Å². The highest BCUT2D eigenvalue weighted by Gasteiger charge is 1.72. The van der Waals surface area contributed by atoms with Gasteiger partial charge in [0.05, 0.1) is 3.39 Å². The zero-order chi connectivity index (χ0) is 5.70. The minimum atomic E-state index is 0.711. The van der Waals surface area contributed by atoms with Crippen LogP contribution < -0.4 is 0 Å². The van der Waals surface area contributed by atoms with Gasteiger partial charge in [-0.15, -0.1) is 0 Å². The Morgan fingerprint density at radius 1 is 1.43 bits per heavy atom. The number of halogens is 2. The van der Waals surface area contributed by atoms with Gasteiger partial charge in [-0.25, -0.2) is 0 Å². The summed E-state index contributed by atoms with van der Waals surface area (Å²) in [5.41, 5.74) is 0. The Balaban J connectivity index is 3.46. The number of rotatable bonds is 1. The predicted octanol–water partition coefficient (Wildman–Crippen LogP) is 2.56. The van der Waals surface area contributed by atoms with Gasteiger partial charge >= 0.3 is 0 Å². The molecule has 7 heavy (non-hydrogen) atoms. The zero-order valence-corrected chi connectivity index (χ0v) is 6.57. The number of hydrogen-bond acceptors (Lipinski definition) is 0. The largest absolute Gasteiger partial charge is 0.299 e. The summed E-state index contributed by atoms with van der Waals surface area (Å²) in [4.78, 5) is 0. The SMILES string of the molecule is [O]C=CC=C(Br)Br. The van der Waals surface area contributed by atoms with E-state index >= 15 is 0 Å². The maximum Gasteiger partial charge on any atom is 0.142 e. The molecule has 1 nitrogen and oxygen atoms in total. The highest BCUT2D eigenvalue weighted by molar-refractivity contribution is 9.28. The van der Waals surface area contributed by atoms with E-state index in [9.17, 15) is 5.11 Å². The summed E-state index contributed by atoms with van der Waals surface area (Å²) >= 11 is 6.13. The van der Waals surface area contributed by atoms with Crippen LogP contribution in [0.3, 0.4) is 0 Å². The molecule has 0 aromatic rings. The summed E-state index contributed by atoms with van der Waals surface area (Å²) in [5.74, 6) is 0. The first-order valence-corrected chi connectivity index (χ1v) is 3.16. The predicted molar refractivity (Wildman–Crippen MR) is 35.8 cm³/mol. The molecule has 0 atom stereocenters. The van der Waals surface area contributed by atoms with E-state index in [4.69, 9.17) is 0 Å². The standard InChI is InChI=1S/C4H3Br2O/c5-4(6)2-1-3-7/h1-3H. The quantitative estimate of drug-likeness (QED) is 0.484. The van der Waals surface area contributed by atoms with Crippen molar-refractivity contribution in [2.24, 2.45) is 0 Å². The van der Waals surface area contributed by atoms with Crippen molar-refractivity contribution in [3.05, 3.63) is 21.8 Å². The maximum atomic E-state index is 9.57. The molecule has 0 spiro atoms. The van der Waals surface area contributed by atoms with Gasteiger partial charge in [0.2, 0.25) is 0 Å². The van der Waals surface area contributed by atoms with Crippen molar-refractivity contribution < 1.29 is 5.11 Å². The Bertz CT molecular complexity index is 91.9. The minimum Gasteiger partial charge on any atom is -0.299 e. The minimum absolute atomic E-state index is 0.711. The monoisotopic (exact) mass is 225 g/mol. The molecule has 0 rings (SSSR count). The molecule has 0 saturated heterocycles. The first kappa shape index (κ1) is 7.24. The Morgan fingerprint density at radius 3 is 2.14 bits per heavy atom. The molecule has 0 aliphatic rings. The van der Waals surface area contributed by atoms with Gasteiger partial charge in [0.25, 0.3) is 0 Å². The van der Waals surface area contributed by atoms with Gasteiger partial charge in [-0.05, 0) is 44.0 Å². The molecule has 0 aromatic heterocycles. The lowest BCUT2D eigenvalue weighted by Crippen LogP contribution is -1.46. The van der Waals surface area contributed by atoms with Gasteiger partial charge in [0.15, 0.2) is 0 Å². The van der Waals surface area contributed by atoms with Crippen LogP contribution in [-0.2, 0) is 5.11 Å². The number of allylic oxidation sites excluding steroid dienone is 2. The fraction of sp³-hybridized carbons (Fsp3) is 0. The molecule has 0 aliphatic carbocycles. The lowest BCUT2D eigenvalue weighted by atomic mass is 10.6. The van der Waals surface area contributed by atoms with Crippen molar-refractivity contribution in [1.82, 2.24) is 0 Å². The molecule has 0 fully saturated rings. The third-order valence-electron chi connectivity index (χ3n) is 0.301. The smallest absolute Gasteiger partial charge is 0.142 e. The van der Waals surface area contributed by atoms with E-state index in [0.29, 0.717) is 6.26 Å². The van der Waals surface area contributed by atoms with Crippen LogP contribution in [0.5, 0.6) is 0 Å². The zero-order valence-electron chi connectivity index (χ0n) is 3.40. The second-order valence-corrected chi connectivity index (χ2v) is 3.56. The lowest BCUT2D eigenvalue weighted by Gasteiger charge is -1.71. The molecular formula is C4H3Br2O. The third kappa shape index (κ3) is 6.24. The first-order chi connectivity index (χ1) is 3.27. The fourth-order valence-corrected chi connectivity index (χ4v) is 0.417. The highest BCUT2D eigenvalue weighted by atomic mass is 79.9. The van der Waals surface area contributed by atoms with Crippen molar-refractivity contribution in [1.29, 1.82) is 0 Å². The van der Waals surface area contributed by atoms with Crippen molar-refractivity contribution in [2.75, 3.05) is 0 Å². The van der Waals surface area contributed by atoms with Crippen molar-refractivity contribution >= 4 is 31.9 Å². The lowest BCUT2D eigenvalue weighted by molar-refractivity contribution is 0.352. The van der Waals surface area contributed by atoms with Gasteiger partial charge in [-0.3, -0.25) is 5.11 Å². The van der Waals surface area contributed by atoms with E-state index in [1.807, 2.05) is 0 Å². The molecule has 39 valence electrons. The van der Waals surface area contributed by atoms with Gasteiger partial charge in [0, 0.05) is 0 Å². The van der Waals surface area contributed by atoms with Crippen LogP contribution in [0.25, 0.3) is 0 Å². The van der Waals surface area contributed by atoms with Crippen LogP contribution in [0, 0.1) is 0 Å². The molecule has 3 heteroatoms. The molecular weight excluding hydrogens is 224 g/mol. The van der Waals surface area contributed by atoms with Crippen LogP contribution >= 0.6 is 31.9 Å². The normalized spacial score (nSPS) is 9.43. The molecule has 0 aliphatic heterocycles. The average Bonchev–Trinajstić information content (AvgIpc) is 1.61. The second kappa shape index (κ2) is 4.40. The van der Waals surface area contributed by atoms with Crippen molar-refractivity contribution in [2.45, 2.75) is 0 Å². The van der Waals surface area contributed by atoms with Gasteiger partial charge in [0.1, 0.15) is 6.26 Å². The van der Waals surface area contributed by atoms with Crippen molar-refractivity contribution in [3.8, 4) is 0 Å². The van der Waals surface area contributed by atoms with E-state index in [-0.39, 0.29) is 0 Å². The van der Waals surface area contributed by atoms with E-state index in [1.165, 1.54) is 6.08 Å². The Kier molecular flexibility index (Phi) is 4.55. The van der Waals surface area contributed by atoms with Gasteiger partial charge < -0.3 is 0 Å². The molecule has 0 aromatic carbocycles. The summed E-state index contributed by atoms with van der Waals surface area (Å²) in [6.45, 7) is 0. The molecule has 0 unspecified atom stereocenters. The van der Waals surface area contributed by atoms with Crippen LogP contribution in [0.4, 0.5) is 0 Å². The van der Waals surface area contributed by atoms with E-state index < -0.39 is 0 Å². The van der Waals surface area contributed by atoms with Crippen LogP contribution in [0.15, 0.2) is 21.8 Å². The highest BCUT2D eigenvalue weighted by Crippen LogP contribution is 2.11. The second-order valence-electron chi connectivity index (χ2n) is 0.785. The van der Waals surface area contributed by atoms with Crippen LogP contribution in [-0.4, -0.2) is 0 Å². The number of hydrogen-bond donors (Lipinski definition) is 0. The maximum absolute atomic E-state index is 9.57. The summed E-state index contributed by atoms with van der Waals surface area (Å²) in [6, 6.07) is 0. The molecule has 0 N–H and O–H groups in total. The molecule has 0 bridgehead atoms. The van der Waals surface area contributed by atoms with E-state index in [1.54, 1.807) is 6.08 Å². The fourth-order valence-electron chi connectivity index (χ4n) is 0.112. The van der Waals surface area contributed by atoms with Crippen LogP contribution in [0.2, 0.25) is 0 Å². The Labute approximate surface area is 59.0 Å².